The lowest BCUT2D eigenvalue weighted by Gasteiger charge is -2.38. The van der Waals surface area contributed by atoms with E-state index in [4.69, 9.17) is 4.74 Å². The number of pyridine rings is 1. The summed E-state index contributed by atoms with van der Waals surface area (Å²) >= 11 is 0. The maximum Gasteiger partial charge on any atom is 0.261 e. The van der Waals surface area contributed by atoms with Crippen molar-refractivity contribution in [2.45, 2.75) is 58.7 Å². The van der Waals surface area contributed by atoms with Gasteiger partial charge >= 0.3 is 0 Å². The second-order valence-corrected chi connectivity index (χ2v) is 9.84. The molecule has 2 amide bonds. The molecule has 7 heteroatoms. The summed E-state index contributed by atoms with van der Waals surface area (Å²) in [4.78, 5) is 31.9. The van der Waals surface area contributed by atoms with E-state index in [1.165, 1.54) is 12.1 Å². The van der Waals surface area contributed by atoms with Crippen LogP contribution in [0.4, 0.5) is 4.39 Å². The molecule has 0 radical (unpaired) electrons. The van der Waals surface area contributed by atoms with Crippen LogP contribution >= 0.6 is 0 Å². The van der Waals surface area contributed by atoms with Crippen LogP contribution in [0.25, 0.3) is 0 Å². The second-order valence-electron chi connectivity index (χ2n) is 9.84. The lowest BCUT2D eigenvalue weighted by Crippen LogP contribution is -2.41. The number of amides is 2. The number of nitrogens with zero attached hydrogens (tertiary/aromatic N) is 2. The third kappa shape index (κ3) is 6.53. The molecule has 0 spiro atoms. The third-order valence-electron chi connectivity index (χ3n) is 6.57. The molecule has 2 aromatic carbocycles. The molecule has 3 aromatic rings. The van der Waals surface area contributed by atoms with Crippen molar-refractivity contribution >= 4 is 11.8 Å². The lowest BCUT2D eigenvalue weighted by molar-refractivity contribution is -0.134. The van der Waals surface area contributed by atoms with Gasteiger partial charge in [-0.25, -0.2) is 4.39 Å². The largest absolute Gasteiger partial charge is 0.481 e. The van der Waals surface area contributed by atoms with Gasteiger partial charge in [0.25, 0.3) is 5.91 Å². The first-order chi connectivity index (χ1) is 17.9. The Bertz CT molecular complexity index is 1230. The van der Waals surface area contributed by atoms with Crippen LogP contribution in [-0.2, 0) is 22.6 Å². The van der Waals surface area contributed by atoms with Gasteiger partial charge in [0.15, 0.2) is 6.10 Å². The van der Waals surface area contributed by atoms with Crippen molar-refractivity contribution in [2.24, 2.45) is 5.92 Å². The van der Waals surface area contributed by atoms with E-state index in [1.807, 2.05) is 62.1 Å². The monoisotopic (exact) mass is 503 g/mol. The van der Waals surface area contributed by atoms with E-state index in [9.17, 15) is 14.0 Å². The summed E-state index contributed by atoms with van der Waals surface area (Å²) in [5.41, 5.74) is 3.66. The van der Waals surface area contributed by atoms with E-state index in [0.29, 0.717) is 38.1 Å². The van der Waals surface area contributed by atoms with Crippen molar-refractivity contribution in [3.8, 4) is 5.75 Å². The summed E-state index contributed by atoms with van der Waals surface area (Å²) < 4.78 is 20.4. The molecule has 4 rings (SSSR count). The van der Waals surface area contributed by atoms with Gasteiger partial charge in [-0.05, 0) is 77.4 Å². The molecular formula is C30H34FN3O3. The SMILES string of the molecule is CCC(Oc1ccc2c(c1)C(c1cccc(F)c1)N(C(=O)CC(C)C)CC2)C(=O)NCc1ccncc1. The van der Waals surface area contributed by atoms with Gasteiger partial charge < -0.3 is 15.0 Å². The molecule has 1 aliphatic rings. The lowest BCUT2D eigenvalue weighted by atomic mass is 9.87. The van der Waals surface area contributed by atoms with Crippen LogP contribution < -0.4 is 10.1 Å². The van der Waals surface area contributed by atoms with Gasteiger partial charge in [0, 0.05) is 31.9 Å². The molecule has 0 saturated heterocycles. The summed E-state index contributed by atoms with van der Waals surface area (Å²) in [6.07, 6.45) is 4.32. The van der Waals surface area contributed by atoms with Crippen LogP contribution in [0, 0.1) is 11.7 Å². The molecule has 0 saturated carbocycles. The zero-order valence-electron chi connectivity index (χ0n) is 21.6. The first kappa shape index (κ1) is 26.3. The van der Waals surface area contributed by atoms with Gasteiger partial charge in [-0.15, -0.1) is 0 Å². The Balaban J connectivity index is 1.59. The smallest absolute Gasteiger partial charge is 0.261 e. The molecule has 2 unspecified atom stereocenters. The highest BCUT2D eigenvalue weighted by Crippen LogP contribution is 2.38. The minimum atomic E-state index is -0.672. The van der Waals surface area contributed by atoms with Crippen LogP contribution in [0.3, 0.4) is 0 Å². The number of fused-ring (bicyclic) bond motifs is 1. The number of carbonyl (C=O) groups excluding carboxylic acids is 2. The molecule has 2 heterocycles. The Morgan fingerprint density at radius 3 is 2.62 bits per heavy atom. The van der Waals surface area contributed by atoms with Gasteiger partial charge in [-0.2, -0.15) is 0 Å². The first-order valence-corrected chi connectivity index (χ1v) is 12.9. The number of aromatic nitrogens is 1. The number of rotatable bonds is 9. The van der Waals surface area contributed by atoms with Crippen molar-refractivity contribution < 1.29 is 18.7 Å². The number of benzene rings is 2. The fourth-order valence-corrected chi connectivity index (χ4v) is 4.73. The summed E-state index contributed by atoms with van der Waals surface area (Å²) in [5.74, 6) is 0.262. The average molecular weight is 504 g/mol. The fourth-order valence-electron chi connectivity index (χ4n) is 4.73. The van der Waals surface area contributed by atoms with Crippen LogP contribution in [-0.4, -0.2) is 34.3 Å². The molecule has 1 aliphatic heterocycles. The first-order valence-electron chi connectivity index (χ1n) is 12.9. The van der Waals surface area contributed by atoms with Gasteiger partial charge in [-0.1, -0.05) is 39.0 Å². The van der Waals surface area contributed by atoms with Crippen molar-refractivity contribution in [1.82, 2.24) is 15.2 Å². The quantitative estimate of drug-likeness (QED) is 0.435. The molecule has 1 N–H and O–H groups in total. The topological polar surface area (TPSA) is 71.5 Å². The van der Waals surface area contributed by atoms with Gasteiger partial charge in [-0.3, -0.25) is 14.6 Å². The number of hydrogen-bond acceptors (Lipinski definition) is 4. The normalized spacial score (nSPS) is 15.7. The number of nitrogens with one attached hydrogen (secondary N) is 1. The zero-order chi connectivity index (χ0) is 26.4. The predicted molar refractivity (Wildman–Crippen MR) is 140 cm³/mol. The van der Waals surface area contributed by atoms with Crippen molar-refractivity contribution in [3.63, 3.8) is 0 Å². The standard InChI is InChI=1S/C30H34FN3O3/c1-4-27(30(36)33-19-21-10-13-32-14-11-21)37-25-9-8-22-12-15-34(28(35)16-20(2)3)29(26(22)18-25)23-6-5-7-24(31)17-23/h5-11,13-14,17-18,20,27,29H,4,12,15-16,19H2,1-3H3,(H,33,36). The summed E-state index contributed by atoms with van der Waals surface area (Å²) in [7, 11) is 0. The molecular weight excluding hydrogens is 469 g/mol. The van der Waals surface area contributed by atoms with Crippen LogP contribution in [0.2, 0.25) is 0 Å². The van der Waals surface area contributed by atoms with E-state index >= 15 is 0 Å². The van der Waals surface area contributed by atoms with Crippen molar-refractivity contribution in [3.05, 3.63) is 95.1 Å². The Morgan fingerprint density at radius 1 is 1.14 bits per heavy atom. The Morgan fingerprint density at radius 2 is 1.92 bits per heavy atom. The Hall–Kier alpha value is -3.74. The summed E-state index contributed by atoms with van der Waals surface area (Å²) in [6.45, 7) is 6.89. The van der Waals surface area contributed by atoms with Gasteiger partial charge in [0.05, 0.1) is 6.04 Å². The molecule has 6 nitrogen and oxygen atoms in total. The van der Waals surface area contributed by atoms with E-state index < -0.39 is 12.1 Å². The predicted octanol–water partition coefficient (Wildman–Crippen LogP) is 5.21. The highest BCUT2D eigenvalue weighted by molar-refractivity contribution is 5.81. The molecule has 0 bridgehead atoms. The maximum atomic E-state index is 14.2. The molecule has 2 atom stereocenters. The van der Waals surface area contributed by atoms with E-state index in [1.54, 1.807) is 18.5 Å². The zero-order valence-corrected chi connectivity index (χ0v) is 21.6. The molecule has 1 aromatic heterocycles. The number of hydrogen-bond donors (Lipinski definition) is 1. The minimum absolute atomic E-state index is 0.0446. The highest BCUT2D eigenvalue weighted by Gasteiger charge is 2.33. The Kier molecular flexibility index (Phi) is 8.54. The summed E-state index contributed by atoms with van der Waals surface area (Å²) in [5, 5.41) is 2.93. The number of halogens is 1. The average Bonchev–Trinajstić information content (AvgIpc) is 2.89. The van der Waals surface area contributed by atoms with Crippen LogP contribution in [0.1, 0.15) is 61.9 Å². The molecule has 0 aliphatic carbocycles. The third-order valence-corrected chi connectivity index (χ3v) is 6.57. The minimum Gasteiger partial charge on any atom is -0.481 e. The second kappa shape index (κ2) is 12.0. The molecule has 37 heavy (non-hydrogen) atoms. The van der Waals surface area contributed by atoms with E-state index in [2.05, 4.69) is 10.3 Å². The highest BCUT2D eigenvalue weighted by atomic mass is 19.1. The maximum absolute atomic E-state index is 14.2. The van der Waals surface area contributed by atoms with Crippen molar-refractivity contribution in [2.75, 3.05) is 6.54 Å². The van der Waals surface area contributed by atoms with Gasteiger partial charge in [0.2, 0.25) is 5.91 Å². The Labute approximate surface area is 217 Å². The van der Waals surface area contributed by atoms with E-state index in [-0.39, 0.29) is 23.5 Å². The summed E-state index contributed by atoms with van der Waals surface area (Å²) in [6, 6.07) is 15.5. The number of ether oxygens (including phenoxy) is 1. The molecule has 0 fully saturated rings. The van der Waals surface area contributed by atoms with Crippen molar-refractivity contribution in [1.29, 1.82) is 0 Å². The van der Waals surface area contributed by atoms with Crippen LogP contribution in [0.15, 0.2) is 67.0 Å². The van der Waals surface area contributed by atoms with Gasteiger partial charge in [0.1, 0.15) is 11.6 Å². The fraction of sp³-hybridized carbons (Fsp3) is 0.367. The number of carbonyl (C=O) groups is 2. The van der Waals surface area contributed by atoms with Crippen LogP contribution in [0.5, 0.6) is 5.75 Å². The van der Waals surface area contributed by atoms with E-state index in [0.717, 1.165) is 22.3 Å². The molecule has 194 valence electrons.